The Hall–Kier alpha value is -3.71. The minimum atomic E-state index is -0.636. The number of morpholine rings is 1. The molecule has 188 valence electrons. The van der Waals surface area contributed by atoms with Gasteiger partial charge >= 0.3 is 0 Å². The molecule has 4 rings (SSSR count). The largest absolute Gasteiger partial charge is 0.500 e. The number of ether oxygens (including phenoxy) is 1. The summed E-state index contributed by atoms with van der Waals surface area (Å²) < 4.78 is 18.0. The summed E-state index contributed by atoms with van der Waals surface area (Å²) >= 11 is 0. The van der Waals surface area contributed by atoms with Crippen molar-refractivity contribution in [3.8, 4) is 17.6 Å². The molecule has 1 aliphatic rings. The monoisotopic (exact) mass is 491 g/mol. The summed E-state index contributed by atoms with van der Waals surface area (Å²) in [5.41, 5.74) is 3.29. The quantitative estimate of drug-likeness (QED) is 0.269. The molecule has 4 N–H and O–H groups in total. The minimum absolute atomic E-state index is 0.0618. The van der Waals surface area contributed by atoms with Gasteiger partial charge in [-0.1, -0.05) is 36.1 Å². The summed E-state index contributed by atoms with van der Waals surface area (Å²) in [5, 5.41) is 16.1. The Morgan fingerprint density at radius 3 is 2.42 bits per heavy atom. The average molecular weight is 492 g/mol. The second-order valence-corrected chi connectivity index (χ2v) is 8.48. The summed E-state index contributed by atoms with van der Waals surface area (Å²) in [6.07, 6.45) is 1.21. The fourth-order valence-corrected chi connectivity index (χ4v) is 3.88. The van der Waals surface area contributed by atoms with Crippen LogP contribution in [-0.4, -0.2) is 66.0 Å². The van der Waals surface area contributed by atoms with Gasteiger partial charge < -0.3 is 25.5 Å². The Morgan fingerprint density at radius 1 is 1.08 bits per heavy atom. The molecule has 0 radical (unpaired) electrons. The van der Waals surface area contributed by atoms with Crippen LogP contribution in [0.1, 0.15) is 28.3 Å². The first-order valence-electron chi connectivity index (χ1n) is 11.9. The zero-order chi connectivity index (χ0) is 25.2. The van der Waals surface area contributed by atoms with Gasteiger partial charge in [0.05, 0.1) is 25.6 Å². The molecule has 1 fully saturated rings. The molecule has 8 nitrogen and oxygen atoms in total. The lowest BCUT2D eigenvalue weighted by Crippen LogP contribution is -2.35. The molecule has 0 bridgehead atoms. The van der Waals surface area contributed by atoms with Crippen molar-refractivity contribution in [1.82, 2.24) is 20.2 Å². The van der Waals surface area contributed by atoms with Gasteiger partial charge in [-0.3, -0.25) is 9.69 Å². The number of nitrogens with one attached hydrogen (secondary N) is 3. The molecule has 0 saturated carbocycles. The van der Waals surface area contributed by atoms with Gasteiger partial charge in [-0.05, 0) is 35.4 Å². The van der Waals surface area contributed by atoms with Crippen LogP contribution in [0.5, 0.6) is 5.75 Å². The van der Waals surface area contributed by atoms with E-state index < -0.39 is 18.0 Å². The number of aromatic amines is 1. The van der Waals surface area contributed by atoms with Crippen molar-refractivity contribution < 1.29 is 14.2 Å². The van der Waals surface area contributed by atoms with Gasteiger partial charge in [0.1, 0.15) is 6.67 Å². The summed E-state index contributed by atoms with van der Waals surface area (Å²) in [4.78, 5) is 20.4. The van der Waals surface area contributed by atoms with E-state index in [0.717, 1.165) is 49.5 Å². The summed E-state index contributed by atoms with van der Waals surface area (Å²) in [6.45, 7) is 4.49. The van der Waals surface area contributed by atoms with Crippen LogP contribution in [0.25, 0.3) is 0 Å². The summed E-state index contributed by atoms with van der Waals surface area (Å²) in [5.74, 6) is 5.96. The molecule has 36 heavy (non-hydrogen) atoms. The Morgan fingerprint density at radius 2 is 1.75 bits per heavy atom. The highest BCUT2D eigenvalue weighted by Crippen LogP contribution is 2.22. The van der Waals surface area contributed by atoms with Crippen LogP contribution in [0.2, 0.25) is 0 Å². The van der Waals surface area contributed by atoms with Crippen molar-refractivity contribution in [2.24, 2.45) is 0 Å². The van der Waals surface area contributed by atoms with Crippen LogP contribution < -0.4 is 16.2 Å². The second-order valence-electron chi connectivity index (χ2n) is 8.48. The van der Waals surface area contributed by atoms with Gasteiger partial charge in [-0.25, -0.2) is 9.37 Å². The Balaban J connectivity index is 1.42. The topological polar surface area (TPSA) is 103 Å². The van der Waals surface area contributed by atoms with E-state index in [4.69, 9.17) is 4.74 Å². The molecule has 2 aromatic carbocycles. The molecule has 1 saturated heterocycles. The normalized spacial score (nSPS) is 14.6. The van der Waals surface area contributed by atoms with Crippen molar-refractivity contribution in [1.29, 1.82) is 0 Å². The number of nitrogens with zero attached hydrogens (tertiary/aromatic N) is 2. The van der Waals surface area contributed by atoms with Crippen LogP contribution in [0.4, 0.5) is 10.2 Å². The van der Waals surface area contributed by atoms with E-state index in [-0.39, 0.29) is 18.4 Å². The van der Waals surface area contributed by atoms with Crippen molar-refractivity contribution >= 4 is 5.82 Å². The molecule has 1 aliphatic heterocycles. The molecule has 9 heteroatoms. The van der Waals surface area contributed by atoms with E-state index in [2.05, 4.69) is 49.5 Å². The number of halogens is 1. The van der Waals surface area contributed by atoms with E-state index in [0.29, 0.717) is 6.54 Å². The van der Waals surface area contributed by atoms with Gasteiger partial charge in [-0.15, -0.1) is 0 Å². The molecule has 0 spiro atoms. The van der Waals surface area contributed by atoms with Gasteiger partial charge in [-0.2, -0.15) is 0 Å². The van der Waals surface area contributed by atoms with Crippen molar-refractivity contribution in [3.05, 3.63) is 87.5 Å². The number of aromatic hydroxyl groups is 1. The fraction of sp³-hybridized carbons (Fsp3) is 0.333. The zero-order valence-electron chi connectivity index (χ0n) is 20.0. The van der Waals surface area contributed by atoms with Crippen molar-refractivity contribution in [3.63, 3.8) is 0 Å². The molecule has 3 aromatic rings. The lowest BCUT2D eigenvalue weighted by atomic mass is 10.0. The predicted octanol–water partition coefficient (Wildman–Crippen LogP) is 2.42. The molecule has 2 heterocycles. The SMILES string of the molecule is O=c1[nH]cnc(NC(CNCCF)c2ccc(C#Cc3ccc(CN4CCOCC4)cc3)cc2)c1O. The van der Waals surface area contributed by atoms with Crippen LogP contribution in [0.3, 0.4) is 0 Å². The highest BCUT2D eigenvalue weighted by atomic mass is 19.1. The maximum atomic E-state index is 12.6. The third-order valence-electron chi connectivity index (χ3n) is 5.89. The molecule has 1 atom stereocenters. The maximum absolute atomic E-state index is 12.6. The number of hydrogen-bond acceptors (Lipinski definition) is 7. The van der Waals surface area contributed by atoms with Crippen LogP contribution in [0, 0.1) is 11.8 Å². The summed E-state index contributed by atoms with van der Waals surface area (Å²) in [7, 11) is 0. The highest BCUT2D eigenvalue weighted by molar-refractivity contribution is 5.50. The summed E-state index contributed by atoms with van der Waals surface area (Å²) in [6, 6.07) is 15.6. The number of H-pyrrole nitrogens is 1. The third kappa shape index (κ3) is 7.15. The van der Waals surface area contributed by atoms with Crippen molar-refractivity contribution in [2.45, 2.75) is 12.6 Å². The minimum Gasteiger partial charge on any atom is -0.500 e. The van der Waals surface area contributed by atoms with E-state index in [1.54, 1.807) is 0 Å². The average Bonchev–Trinajstić information content (AvgIpc) is 2.91. The standard InChI is InChI=1S/C27H30FN5O3/c28-11-12-29-17-24(32-26-25(34)27(35)31-19-30-26)23-9-7-21(8-10-23)2-1-20-3-5-22(6-4-20)18-33-13-15-36-16-14-33/h3-10,19,24,29,34H,11-18H2,(H2,30,31,32,35). The van der Waals surface area contributed by atoms with Crippen LogP contribution in [-0.2, 0) is 11.3 Å². The smallest absolute Gasteiger partial charge is 0.295 e. The number of hydrogen-bond donors (Lipinski definition) is 4. The van der Waals surface area contributed by atoms with Crippen LogP contribution in [0.15, 0.2) is 59.7 Å². The maximum Gasteiger partial charge on any atom is 0.295 e. The lowest BCUT2D eigenvalue weighted by Gasteiger charge is -2.26. The first-order chi connectivity index (χ1) is 17.6. The molecule has 1 aromatic heterocycles. The third-order valence-corrected chi connectivity index (χ3v) is 5.89. The molecule has 0 amide bonds. The number of rotatable bonds is 9. The van der Waals surface area contributed by atoms with E-state index in [1.165, 1.54) is 11.9 Å². The first-order valence-corrected chi connectivity index (χ1v) is 11.9. The predicted molar refractivity (Wildman–Crippen MR) is 137 cm³/mol. The van der Waals surface area contributed by atoms with Crippen molar-refractivity contribution in [2.75, 3.05) is 51.4 Å². The molecular weight excluding hydrogens is 461 g/mol. The zero-order valence-corrected chi connectivity index (χ0v) is 20.0. The van der Waals surface area contributed by atoms with E-state index in [1.807, 2.05) is 36.4 Å². The van der Waals surface area contributed by atoms with Gasteiger partial charge in [0, 0.05) is 43.9 Å². The van der Waals surface area contributed by atoms with Gasteiger partial charge in [0.2, 0.25) is 5.75 Å². The van der Waals surface area contributed by atoms with Crippen LogP contribution >= 0.6 is 0 Å². The Bertz CT molecular complexity index is 1230. The second kappa shape index (κ2) is 12.8. The lowest BCUT2D eigenvalue weighted by molar-refractivity contribution is 0.0342. The van der Waals surface area contributed by atoms with E-state index >= 15 is 0 Å². The number of anilines is 1. The van der Waals surface area contributed by atoms with Gasteiger partial charge in [0.15, 0.2) is 5.82 Å². The Labute approximate surface area is 209 Å². The fourth-order valence-electron chi connectivity index (χ4n) is 3.88. The number of alkyl halides is 1. The van der Waals surface area contributed by atoms with Gasteiger partial charge in [0.25, 0.3) is 5.56 Å². The Kier molecular flexibility index (Phi) is 9.05. The highest BCUT2D eigenvalue weighted by Gasteiger charge is 2.15. The number of benzene rings is 2. The molecule has 0 aliphatic carbocycles. The molecular formula is C27H30FN5O3. The first kappa shape index (κ1) is 25.4. The molecule has 1 unspecified atom stereocenters. The number of aromatic nitrogens is 2. The van der Waals surface area contributed by atoms with E-state index in [9.17, 15) is 14.3 Å².